The Hall–Kier alpha value is -1.69. The maximum Gasteiger partial charge on any atom is 0.260 e. The normalized spacial score (nSPS) is 11.5. The van der Waals surface area contributed by atoms with Gasteiger partial charge in [0.05, 0.1) is 11.9 Å². The molecule has 3 aromatic rings. The monoisotopic (exact) mass is 361 g/mol. The van der Waals surface area contributed by atoms with Gasteiger partial charge in [-0.25, -0.2) is 4.98 Å². The second-order valence-electron chi connectivity index (χ2n) is 6.21. The highest BCUT2D eigenvalue weighted by molar-refractivity contribution is 7.17. The number of aromatic amines is 1. The predicted molar refractivity (Wildman–Crippen MR) is 102 cm³/mol. The lowest BCUT2D eigenvalue weighted by molar-refractivity contribution is 0.532. The van der Waals surface area contributed by atoms with Crippen LogP contribution in [0.25, 0.3) is 21.3 Å². The number of thiophene rings is 1. The minimum Gasteiger partial charge on any atom is -0.310 e. The van der Waals surface area contributed by atoms with E-state index in [1.807, 2.05) is 29.6 Å². The molecule has 1 aromatic carbocycles. The third-order valence-corrected chi connectivity index (χ3v) is 4.96. The molecule has 2 N–H and O–H groups in total. The lowest BCUT2D eigenvalue weighted by Crippen LogP contribution is -2.21. The lowest BCUT2D eigenvalue weighted by Gasteiger charge is -2.06. The summed E-state index contributed by atoms with van der Waals surface area (Å²) in [6, 6.07) is 7.50. The van der Waals surface area contributed by atoms with Crippen molar-refractivity contribution in [2.24, 2.45) is 5.92 Å². The van der Waals surface area contributed by atoms with Crippen LogP contribution in [-0.2, 0) is 6.54 Å². The van der Waals surface area contributed by atoms with E-state index in [9.17, 15) is 4.79 Å². The molecule has 2 aromatic heterocycles. The van der Waals surface area contributed by atoms with Crippen molar-refractivity contribution in [2.45, 2.75) is 26.8 Å². The fourth-order valence-corrected chi connectivity index (χ4v) is 3.61. The standard InChI is InChI=1S/C18H20ClN3OS/c1-11(2)7-8-20-9-15-21-17(23)16-14(10-24-18(16)22-15)12-3-5-13(19)6-4-12/h3-6,10-11,20H,7-9H2,1-2H3,(H,21,22,23). The van der Waals surface area contributed by atoms with Gasteiger partial charge in [-0.05, 0) is 36.6 Å². The van der Waals surface area contributed by atoms with Gasteiger partial charge < -0.3 is 10.3 Å². The second kappa shape index (κ2) is 7.47. The van der Waals surface area contributed by atoms with Gasteiger partial charge in [0.15, 0.2) is 0 Å². The van der Waals surface area contributed by atoms with Crippen molar-refractivity contribution in [1.82, 2.24) is 15.3 Å². The SMILES string of the molecule is CC(C)CCNCc1nc2scc(-c3ccc(Cl)cc3)c2c(=O)[nH]1. The number of hydrogen-bond donors (Lipinski definition) is 2. The maximum absolute atomic E-state index is 12.5. The molecule has 0 bridgehead atoms. The molecular weight excluding hydrogens is 342 g/mol. The van der Waals surface area contributed by atoms with Crippen LogP contribution in [0.1, 0.15) is 26.1 Å². The summed E-state index contributed by atoms with van der Waals surface area (Å²) in [4.78, 5) is 20.8. The minimum atomic E-state index is -0.0909. The largest absolute Gasteiger partial charge is 0.310 e. The summed E-state index contributed by atoms with van der Waals surface area (Å²) in [7, 11) is 0. The Kier molecular flexibility index (Phi) is 5.33. The number of H-pyrrole nitrogens is 1. The summed E-state index contributed by atoms with van der Waals surface area (Å²) in [6.07, 6.45) is 1.10. The van der Waals surface area contributed by atoms with Gasteiger partial charge in [-0.3, -0.25) is 4.79 Å². The third-order valence-electron chi connectivity index (χ3n) is 3.84. The van der Waals surface area contributed by atoms with Gasteiger partial charge in [0.25, 0.3) is 5.56 Å². The van der Waals surface area contributed by atoms with Crippen LogP contribution in [0.2, 0.25) is 5.02 Å². The molecule has 0 aliphatic carbocycles. The van der Waals surface area contributed by atoms with Gasteiger partial charge in [0.2, 0.25) is 0 Å². The Bertz CT molecular complexity index is 883. The number of fused-ring (bicyclic) bond motifs is 1. The number of aromatic nitrogens is 2. The van der Waals surface area contributed by atoms with Crippen molar-refractivity contribution in [2.75, 3.05) is 6.54 Å². The van der Waals surface area contributed by atoms with E-state index < -0.39 is 0 Å². The fourth-order valence-electron chi connectivity index (χ4n) is 2.52. The van der Waals surface area contributed by atoms with Gasteiger partial charge in [-0.1, -0.05) is 37.6 Å². The molecule has 3 rings (SSSR count). The first-order chi connectivity index (χ1) is 11.5. The van der Waals surface area contributed by atoms with E-state index in [2.05, 4.69) is 29.1 Å². The molecule has 0 unspecified atom stereocenters. The summed E-state index contributed by atoms with van der Waals surface area (Å²) in [5.74, 6) is 1.34. The Morgan fingerprint density at radius 1 is 1.29 bits per heavy atom. The first-order valence-electron chi connectivity index (χ1n) is 8.01. The van der Waals surface area contributed by atoms with E-state index >= 15 is 0 Å². The van der Waals surface area contributed by atoms with Crippen molar-refractivity contribution in [1.29, 1.82) is 0 Å². The molecule has 0 spiro atoms. The van der Waals surface area contributed by atoms with E-state index in [1.54, 1.807) is 0 Å². The van der Waals surface area contributed by atoms with Gasteiger partial charge in [-0.15, -0.1) is 11.3 Å². The molecule has 0 saturated carbocycles. The molecule has 24 heavy (non-hydrogen) atoms. The van der Waals surface area contributed by atoms with Crippen LogP contribution in [0.4, 0.5) is 0 Å². The number of rotatable bonds is 6. The van der Waals surface area contributed by atoms with Crippen molar-refractivity contribution in [3.63, 3.8) is 0 Å². The van der Waals surface area contributed by atoms with E-state index in [0.29, 0.717) is 28.7 Å². The topological polar surface area (TPSA) is 57.8 Å². The summed E-state index contributed by atoms with van der Waals surface area (Å²) in [5.41, 5.74) is 1.78. The first-order valence-corrected chi connectivity index (χ1v) is 9.27. The zero-order chi connectivity index (χ0) is 17.1. The third kappa shape index (κ3) is 3.86. The quantitative estimate of drug-likeness (QED) is 0.638. The lowest BCUT2D eigenvalue weighted by atomic mass is 10.1. The Morgan fingerprint density at radius 3 is 2.75 bits per heavy atom. The molecule has 0 atom stereocenters. The van der Waals surface area contributed by atoms with Crippen molar-refractivity contribution >= 4 is 33.2 Å². The average Bonchev–Trinajstić information content (AvgIpc) is 2.97. The molecule has 0 radical (unpaired) electrons. The van der Waals surface area contributed by atoms with Gasteiger partial charge in [0, 0.05) is 16.0 Å². The van der Waals surface area contributed by atoms with Crippen molar-refractivity contribution in [3.8, 4) is 11.1 Å². The van der Waals surface area contributed by atoms with Crippen LogP contribution in [0, 0.1) is 5.92 Å². The highest BCUT2D eigenvalue weighted by Crippen LogP contribution is 2.31. The molecule has 0 aliphatic rings. The molecule has 0 aliphatic heterocycles. The highest BCUT2D eigenvalue weighted by Gasteiger charge is 2.12. The van der Waals surface area contributed by atoms with Crippen molar-refractivity contribution < 1.29 is 0 Å². The zero-order valence-electron chi connectivity index (χ0n) is 13.7. The molecule has 0 fully saturated rings. The summed E-state index contributed by atoms with van der Waals surface area (Å²) in [5, 5.41) is 6.63. The van der Waals surface area contributed by atoms with Crippen LogP contribution in [0.3, 0.4) is 0 Å². The van der Waals surface area contributed by atoms with Crippen molar-refractivity contribution in [3.05, 3.63) is 50.8 Å². The summed E-state index contributed by atoms with van der Waals surface area (Å²) < 4.78 is 0. The molecule has 126 valence electrons. The predicted octanol–water partition coefficient (Wildman–Crippen LogP) is 4.44. The van der Waals surface area contributed by atoms with Gasteiger partial charge in [0.1, 0.15) is 10.7 Å². The molecule has 4 nitrogen and oxygen atoms in total. The molecule has 2 heterocycles. The molecular formula is C18H20ClN3OS. The van der Waals surface area contributed by atoms with E-state index in [-0.39, 0.29) is 5.56 Å². The molecule has 0 saturated heterocycles. The van der Waals surface area contributed by atoms with Crippen LogP contribution in [0.15, 0.2) is 34.4 Å². The molecule has 0 amide bonds. The van der Waals surface area contributed by atoms with Crippen LogP contribution >= 0.6 is 22.9 Å². The van der Waals surface area contributed by atoms with E-state index in [4.69, 9.17) is 11.6 Å². The summed E-state index contributed by atoms with van der Waals surface area (Å²) in [6.45, 7) is 5.88. The van der Waals surface area contributed by atoms with Crippen LogP contribution in [0.5, 0.6) is 0 Å². The Balaban J connectivity index is 1.86. The highest BCUT2D eigenvalue weighted by atomic mass is 35.5. The van der Waals surface area contributed by atoms with E-state index in [1.165, 1.54) is 11.3 Å². The zero-order valence-corrected chi connectivity index (χ0v) is 15.3. The Labute approximate surface area is 149 Å². The van der Waals surface area contributed by atoms with Gasteiger partial charge >= 0.3 is 0 Å². The minimum absolute atomic E-state index is 0.0909. The number of nitrogens with one attached hydrogen (secondary N) is 2. The number of benzene rings is 1. The molecule has 6 heteroatoms. The second-order valence-corrected chi connectivity index (χ2v) is 7.50. The number of nitrogens with zero attached hydrogens (tertiary/aromatic N) is 1. The van der Waals surface area contributed by atoms with Crippen LogP contribution in [-0.4, -0.2) is 16.5 Å². The smallest absolute Gasteiger partial charge is 0.260 e. The Morgan fingerprint density at radius 2 is 2.04 bits per heavy atom. The van der Waals surface area contributed by atoms with E-state index in [0.717, 1.165) is 28.9 Å². The number of hydrogen-bond acceptors (Lipinski definition) is 4. The van der Waals surface area contributed by atoms with Crippen LogP contribution < -0.4 is 10.9 Å². The fraction of sp³-hybridized carbons (Fsp3) is 0.333. The summed E-state index contributed by atoms with van der Waals surface area (Å²) >= 11 is 7.43. The maximum atomic E-state index is 12.5. The average molecular weight is 362 g/mol. The van der Waals surface area contributed by atoms with Gasteiger partial charge in [-0.2, -0.15) is 0 Å². The first kappa shape index (κ1) is 17.1. The number of halogens is 1.